The molecule has 1 aromatic heterocycles. The fraction of sp³-hybridized carbons (Fsp3) is 0.217. The number of alkyl halides is 3. The highest BCUT2D eigenvalue weighted by Gasteiger charge is 2.30. The third-order valence-corrected chi connectivity index (χ3v) is 5.60. The standard InChI is InChI=1S/C23H22F3N5O2S/c1-3-12-31-20(15(2)27-21(33)16-8-5-4-6-9-16)29-30-22(31)34-14-19(32)28-18-11-7-10-17(13-18)23(24,25)26/h3-11,13,15H,1,12,14H2,2H3,(H,27,33)(H,28,32)/t15-/m1/s1. The van der Waals surface area contributed by atoms with Crippen molar-refractivity contribution >= 4 is 29.3 Å². The molecule has 3 aromatic rings. The molecule has 0 aliphatic heterocycles. The predicted octanol–water partition coefficient (Wildman–Crippen LogP) is 4.70. The summed E-state index contributed by atoms with van der Waals surface area (Å²) in [4.78, 5) is 24.8. The Bertz CT molecular complexity index is 1160. The number of allylic oxidation sites excluding steroid dienone is 1. The van der Waals surface area contributed by atoms with E-state index in [4.69, 9.17) is 0 Å². The Morgan fingerprint density at radius 1 is 1.15 bits per heavy atom. The lowest BCUT2D eigenvalue weighted by Gasteiger charge is -2.15. The Kier molecular flexibility index (Phi) is 8.11. The van der Waals surface area contributed by atoms with E-state index >= 15 is 0 Å². The summed E-state index contributed by atoms with van der Waals surface area (Å²) in [6, 6.07) is 12.7. The van der Waals surface area contributed by atoms with Crippen molar-refractivity contribution in [2.75, 3.05) is 11.1 Å². The van der Waals surface area contributed by atoms with Gasteiger partial charge in [0, 0.05) is 17.8 Å². The molecule has 2 N–H and O–H groups in total. The van der Waals surface area contributed by atoms with Gasteiger partial charge in [0.25, 0.3) is 5.91 Å². The van der Waals surface area contributed by atoms with Gasteiger partial charge in [0.1, 0.15) is 0 Å². The molecule has 0 fully saturated rings. The van der Waals surface area contributed by atoms with E-state index in [-0.39, 0.29) is 17.3 Å². The molecule has 34 heavy (non-hydrogen) atoms. The molecule has 1 heterocycles. The molecule has 2 aromatic carbocycles. The summed E-state index contributed by atoms with van der Waals surface area (Å²) in [5, 5.41) is 14.0. The lowest BCUT2D eigenvalue weighted by molar-refractivity contribution is -0.137. The van der Waals surface area contributed by atoms with Crippen LogP contribution in [0.1, 0.15) is 34.7 Å². The number of rotatable bonds is 9. The number of benzene rings is 2. The number of aromatic nitrogens is 3. The molecule has 0 unspecified atom stereocenters. The van der Waals surface area contributed by atoms with E-state index in [0.29, 0.717) is 23.1 Å². The van der Waals surface area contributed by atoms with Crippen molar-refractivity contribution in [3.05, 3.63) is 84.2 Å². The van der Waals surface area contributed by atoms with E-state index < -0.39 is 23.7 Å². The second kappa shape index (κ2) is 11.0. The number of anilines is 1. The fourth-order valence-electron chi connectivity index (χ4n) is 3.06. The number of nitrogens with zero attached hydrogens (tertiary/aromatic N) is 3. The molecule has 178 valence electrons. The Morgan fingerprint density at radius 2 is 1.88 bits per heavy atom. The highest BCUT2D eigenvalue weighted by Crippen LogP contribution is 2.30. The molecule has 0 radical (unpaired) electrons. The summed E-state index contributed by atoms with van der Waals surface area (Å²) in [7, 11) is 0. The number of nitrogens with one attached hydrogen (secondary N) is 2. The molecule has 2 amide bonds. The summed E-state index contributed by atoms with van der Waals surface area (Å²) >= 11 is 1.07. The minimum absolute atomic E-state index is 0.0471. The second-order valence-corrected chi connectivity index (χ2v) is 8.16. The summed E-state index contributed by atoms with van der Waals surface area (Å²) in [6.45, 7) is 5.82. The maximum absolute atomic E-state index is 12.9. The quantitative estimate of drug-likeness (QED) is 0.336. The molecule has 0 spiro atoms. The average molecular weight is 490 g/mol. The van der Waals surface area contributed by atoms with E-state index in [2.05, 4.69) is 27.4 Å². The highest BCUT2D eigenvalue weighted by atomic mass is 32.2. The minimum Gasteiger partial charge on any atom is -0.342 e. The van der Waals surface area contributed by atoms with Crippen molar-refractivity contribution in [3.63, 3.8) is 0 Å². The highest BCUT2D eigenvalue weighted by molar-refractivity contribution is 7.99. The summed E-state index contributed by atoms with van der Waals surface area (Å²) in [6.07, 6.45) is -2.87. The lowest BCUT2D eigenvalue weighted by atomic mass is 10.2. The summed E-state index contributed by atoms with van der Waals surface area (Å²) in [5.41, 5.74) is -0.296. The summed E-state index contributed by atoms with van der Waals surface area (Å²) in [5.74, 6) is -0.388. The molecule has 3 rings (SSSR count). The average Bonchev–Trinajstić information content (AvgIpc) is 3.21. The molecule has 0 aliphatic carbocycles. The van der Waals surface area contributed by atoms with Crippen LogP contribution in [0.4, 0.5) is 18.9 Å². The van der Waals surface area contributed by atoms with Crippen molar-refractivity contribution in [2.24, 2.45) is 0 Å². The van der Waals surface area contributed by atoms with E-state index in [9.17, 15) is 22.8 Å². The third-order valence-electron chi connectivity index (χ3n) is 4.63. The molecule has 7 nitrogen and oxygen atoms in total. The van der Waals surface area contributed by atoms with Gasteiger partial charge in [-0.15, -0.1) is 16.8 Å². The lowest BCUT2D eigenvalue weighted by Crippen LogP contribution is -2.28. The zero-order chi connectivity index (χ0) is 24.7. The van der Waals surface area contributed by atoms with Crippen LogP contribution >= 0.6 is 11.8 Å². The van der Waals surface area contributed by atoms with Crippen LogP contribution < -0.4 is 10.6 Å². The number of halogens is 3. The Labute approximate surface area is 198 Å². The molecule has 0 bridgehead atoms. The van der Waals surface area contributed by atoms with Gasteiger partial charge >= 0.3 is 6.18 Å². The van der Waals surface area contributed by atoms with Gasteiger partial charge in [0.15, 0.2) is 11.0 Å². The number of amides is 2. The third kappa shape index (κ3) is 6.47. The van der Waals surface area contributed by atoms with Crippen LogP contribution in [0.5, 0.6) is 0 Å². The Hall–Kier alpha value is -3.60. The number of carbonyl (C=O) groups is 2. The van der Waals surface area contributed by atoms with Crippen LogP contribution in [0.2, 0.25) is 0 Å². The molecule has 11 heteroatoms. The van der Waals surface area contributed by atoms with E-state index in [1.165, 1.54) is 12.1 Å². The smallest absolute Gasteiger partial charge is 0.342 e. The van der Waals surface area contributed by atoms with Crippen molar-refractivity contribution < 1.29 is 22.8 Å². The molecule has 0 saturated heterocycles. The van der Waals surface area contributed by atoms with Gasteiger partial charge in [-0.05, 0) is 37.3 Å². The van der Waals surface area contributed by atoms with Gasteiger partial charge in [0.05, 0.1) is 17.4 Å². The first kappa shape index (κ1) is 25.0. The molecule has 1 atom stereocenters. The van der Waals surface area contributed by atoms with E-state index in [0.717, 1.165) is 23.9 Å². The van der Waals surface area contributed by atoms with Gasteiger partial charge in [-0.25, -0.2) is 0 Å². The number of thioether (sulfide) groups is 1. The first-order valence-corrected chi connectivity index (χ1v) is 11.2. The van der Waals surface area contributed by atoms with Crippen molar-refractivity contribution in [2.45, 2.75) is 30.8 Å². The van der Waals surface area contributed by atoms with Crippen molar-refractivity contribution in [1.82, 2.24) is 20.1 Å². The van der Waals surface area contributed by atoms with Gasteiger partial charge in [-0.1, -0.05) is 42.1 Å². The zero-order valence-corrected chi connectivity index (χ0v) is 19.0. The van der Waals surface area contributed by atoms with Gasteiger partial charge < -0.3 is 15.2 Å². The molecule has 0 aliphatic rings. The van der Waals surface area contributed by atoms with E-state index in [1.807, 2.05) is 6.07 Å². The minimum atomic E-state index is -4.50. The SMILES string of the molecule is C=CCn1c(SCC(=O)Nc2cccc(C(F)(F)F)c2)nnc1[C@@H](C)NC(=O)c1ccccc1. The van der Waals surface area contributed by atoms with E-state index in [1.54, 1.807) is 41.8 Å². The van der Waals surface area contributed by atoms with Gasteiger partial charge in [-0.3, -0.25) is 9.59 Å². The van der Waals surface area contributed by atoms with Crippen LogP contribution in [0, 0.1) is 0 Å². The van der Waals surface area contributed by atoms with Crippen molar-refractivity contribution in [1.29, 1.82) is 0 Å². The van der Waals surface area contributed by atoms with Crippen LogP contribution in [0.15, 0.2) is 72.4 Å². The number of carbonyl (C=O) groups excluding carboxylic acids is 2. The molecular formula is C23H22F3N5O2S. The first-order chi connectivity index (χ1) is 16.2. The van der Waals surface area contributed by atoms with Crippen molar-refractivity contribution in [3.8, 4) is 0 Å². The second-order valence-electron chi connectivity index (χ2n) is 7.22. The Morgan fingerprint density at radius 3 is 2.56 bits per heavy atom. The molecular weight excluding hydrogens is 467 g/mol. The normalized spacial score (nSPS) is 12.1. The van der Waals surface area contributed by atoms with Crippen LogP contribution in [0.3, 0.4) is 0 Å². The molecule has 0 saturated carbocycles. The topological polar surface area (TPSA) is 88.9 Å². The first-order valence-electron chi connectivity index (χ1n) is 10.2. The predicted molar refractivity (Wildman–Crippen MR) is 123 cm³/mol. The summed E-state index contributed by atoms with van der Waals surface area (Å²) < 4.78 is 40.3. The number of hydrogen-bond donors (Lipinski definition) is 2. The zero-order valence-electron chi connectivity index (χ0n) is 18.2. The van der Waals surface area contributed by atoms with Crippen LogP contribution in [-0.2, 0) is 17.5 Å². The Balaban J connectivity index is 1.65. The fourth-order valence-corrected chi connectivity index (χ4v) is 3.82. The monoisotopic (exact) mass is 489 g/mol. The van der Waals surface area contributed by atoms with Crippen LogP contribution in [0.25, 0.3) is 0 Å². The maximum atomic E-state index is 12.9. The maximum Gasteiger partial charge on any atom is 0.416 e. The number of hydrogen-bond acceptors (Lipinski definition) is 5. The largest absolute Gasteiger partial charge is 0.416 e. The van der Waals surface area contributed by atoms with Gasteiger partial charge in [0.2, 0.25) is 5.91 Å². The van der Waals surface area contributed by atoms with Gasteiger partial charge in [-0.2, -0.15) is 13.2 Å². The van der Waals surface area contributed by atoms with Crippen LogP contribution in [-0.4, -0.2) is 32.3 Å².